The van der Waals surface area contributed by atoms with Crippen molar-refractivity contribution in [3.63, 3.8) is 0 Å². The van der Waals surface area contributed by atoms with Crippen molar-refractivity contribution >= 4 is 45.7 Å². The molecule has 0 bridgehead atoms. The van der Waals surface area contributed by atoms with Crippen molar-refractivity contribution in [2.24, 2.45) is 4.99 Å². The van der Waals surface area contributed by atoms with E-state index in [0.717, 1.165) is 41.7 Å². The summed E-state index contributed by atoms with van der Waals surface area (Å²) in [5.74, 6) is -1.62. The molecule has 1 saturated heterocycles. The van der Waals surface area contributed by atoms with E-state index in [1.165, 1.54) is 0 Å². The molecule has 33 heavy (non-hydrogen) atoms. The molecule has 5 rings (SSSR count). The van der Waals surface area contributed by atoms with Crippen molar-refractivity contribution in [2.75, 3.05) is 0 Å². The number of rotatable bonds is 6. The summed E-state index contributed by atoms with van der Waals surface area (Å²) in [6, 6.07) is 14.8. The first-order chi connectivity index (χ1) is 16.0. The van der Waals surface area contributed by atoms with Crippen LogP contribution in [0.3, 0.4) is 0 Å². The van der Waals surface area contributed by atoms with Crippen molar-refractivity contribution < 1.29 is 9.59 Å². The van der Waals surface area contributed by atoms with Crippen molar-refractivity contribution in [1.82, 2.24) is 19.4 Å². The molecule has 0 aliphatic carbocycles. The minimum absolute atomic E-state index is 0.180. The number of hydrogen-bond donors (Lipinski definition) is 1. The van der Waals surface area contributed by atoms with Crippen LogP contribution in [0.25, 0.3) is 10.9 Å². The van der Waals surface area contributed by atoms with Crippen LogP contribution in [0.15, 0.2) is 72.2 Å². The van der Waals surface area contributed by atoms with Gasteiger partial charge < -0.3 is 9.13 Å². The zero-order valence-corrected chi connectivity index (χ0v) is 18.8. The van der Waals surface area contributed by atoms with Gasteiger partial charge in [-0.15, -0.1) is 0 Å². The zero-order chi connectivity index (χ0) is 22.9. The first-order valence-corrected chi connectivity index (χ1v) is 11.1. The predicted octanol–water partition coefficient (Wildman–Crippen LogP) is 4.40. The maximum atomic E-state index is 12.8. The Balaban J connectivity index is 1.50. The standard InChI is InChI=1S/C25H22ClN5O2/c1-16-13-30(15-27-16)10-5-11-31-14-20(19-8-2-3-9-21(19)31)22-23(25(33)29-24(22)32)28-18-7-4-6-17(26)12-18/h2-4,6-9,12-15,22H,5,10-11H2,1H3,(H,29,32,33). The van der Waals surface area contributed by atoms with Gasteiger partial charge in [0.15, 0.2) is 0 Å². The third kappa shape index (κ3) is 4.19. The normalized spacial score (nSPS) is 17.3. The highest BCUT2D eigenvalue weighted by molar-refractivity contribution is 6.52. The van der Waals surface area contributed by atoms with Crippen LogP contribution in [0.1, 0.15) is 23.6 Å². The van der Waals surface area contributed by atoms with Gasteiger partial charge >= 0.3 is 0 Å². The van der Waals surface area contributed by atoms with Crippen molar-refractivity contribution in [3.8, 4) is 0 Å². The van der Waals surface area contributed by atoms with Crippen LogP contribution >= 0.6 is 11.6 Å². The third-order valence-electron chi connectivity index (χ3n) is 5.77. The van der Waals surface area contributed by atoms with Crippen LogP contribution in [-0.4, -0.2) is 31.6 Å². The van der Waals surface area contributed by atoms with Crippen molar-refractivity contribution in [3.05, 3.63) is 83.5 Å². The second kappa shape index (κ2) is 8.67. The van der Waals surface area contributed by atoms with E-state index >= 15 is 0 Å². The van der Waals surface area contributed by atoms with Gasteiger partial charge in [0.1, 0.15) is 11.6 Å². The number of nitrogens with one attached hydrogen (secondary N) is 1. The second-order valence-electron chi connectivity index (χ2n) is 8.13. The highest BCUT2D eigenvalue weighted by Gasteiger charge is 2.40. The summed E-state index contributed by atoms with van der Waals surface area (Å²) in [5, 5.41) is 3.88. The lowest BCUT2D eigenvalue weighted by molar-refractivity contribution is -0.124. The van der Waals surface area contributed by atoms with Crippen LogP contribution in [-0.2, 0) is 22.7 Å². The van der Waals surface area contributed by atoms with Crippen LogP contribution in [0.5, 0.6) is 0 Å². The Morgan fingerprint density at radius 2 is 1.94 bits per heavy atom. The SMILES string of the molecule is Cc1cn(CCCn2cc(C3C(=O)NC(=O)C3=Nc3cccc(Cl)c3)c3ccccc32)cn1. The number of para-hydroxylation sites is 1. The Kier molecular flexibility index (Phi) is 5.56. The Hall–Kier alpha value is -3.71. The molecule has 1 N–H and O–H groups in total. The van der Waals surface area contributed by atoms with Gasteiger partial charge in [-0.05, 0) is 43.2 Å². The molecule has 1 unspecified atom stereocenters. The van der Waals surface area contributed by atoms with Crippen LogP contribution in [0, 0.1) is 6.92 Å². The molecule has 7 nitrogen and oxygen atoms in total. The number of imidazole rings is 1. The molecular formula is C25H22ClN5O2. The molecule has 2 aromatic heterocycles. The number of nitrogens with zero attached hydrogens (tertiary/aromatic N) is 4. The van der Waals surface area contributed by atoms with E-state index in [1.807, 2.05) is 49.9 Å². The fourth-order valence-electron chi connectivity index (χ4n) is 4.30. The number of imide groups is 1. The highest BCUT2D eigenvalue weighted by atomic mass is 35.5. The van der Waals surface area contributed by atoms with Gasteiger partial charge in [0, 0.05) is 41.4 Å². The summed E-state index contributed by atoms with van der Waals surface area (Å²) < 4.78 is 4.21. The second-order valence-corrected chi connectivity index (χ2v) is 8.57. The minimum atomic E-state index is -0.779. The van der Waals surface area contributed by atoms with Crippen molar-refractivity contribution in [2.45, 2.75) is 32.4 Å². The number of halogens is 1. The number of carbonyl (C=O) groups is 2. The van der Waals surface area contributed by atoms with E-state index in [-0.39, 0.29) is 11.6 Å². The number of hydrogen-bond acceptors (Lipinski definition) is 4. The molecule has 2 aromatic carbocycles. The van der Waals surface area contributed by atoms with Gasteiger partial charge in [-0.1, -0.05) is 35.9 Å². The molecular weight excluding hydrogens is 438 g/mol. The first-order valence-electron chi connectivity index (χ1n) is 10.7. The Morgan fingerprint density at radius 1 is 1.09 bits per heavy atom. The molecule has 8 heteroatoms. The molecule has 0 radical (unpaired) electrons. The van der Waals surface area contributed by atoms with Gasteiger partial charge in [-0.25, -0.2) is 9.98 Å². The molecule has 1 aliphatic rings. The molecule has 1 atom stereocenters. The van der Waals surface area contributed by atoms with Gasteiger partial charge in [-0.3, -0.25) is 14.9 Å². The molecule has 3 heterocycles. The fraction of sp³-hybridized carbons (Fsp3) is 0.200. The van der Waals surface area contributed by atoms with Crippen LogP contribution < -0.4 is 5.32 Å². The summed E-state index contributed by atoms with van der Waals surface area (Å²) in [6.07, 6.45) is 6.72. The summed E-state index contributed by atoms with van der Waals surface area (Å²) in [6.45, 7) is 3.58. The van der Waals surface area contributed by atoms with Crippen LogP contribution in [0.2, 0.25) is 5.02 Å². The largest absolute Gasteiger partial charge is 0.347 e. The number of carbonyl (C=O) groups excluding carboxylic acids is 2. The molecule has 0 saturated carbocycles. The predicted molar refractivity (Wildman–Crippen MR) is 128 cm³/mol. The Bertz CT molecular complexity index is 1400. The van der Waals surface area contributed by atoms with E-state index in [2.05, 4.69) is 24.4 Å². The number of aryl methyl sites for hydroxylation is 3. The number of aromatic nitrogens is 3. The number of benzene rings is 2. The topological polar surface area (TPSA) is 81.3 Å². The number of fused-ring (bicyclic) bond motifs is 1. The Morgan fingerprint density at radius 3 is 2.73 bits per heavy atom. The maximum absolute atomic E-state index is 12.8. The Labute approximate surface area is 195 Å². The molecule has 1 aliphatic heterocycles. The summed E-state index contributed by atoms with van der Waals surface area (Å²) >= 11 is 6.08. The van der Waals surface area contributed by atoms with E-state index < -0.39 is 11.8 Å². The molecule has 2 amide bonds. The highest BCUT2D eigenvalue weighted by Crippen LogP contribution is 2.33. The number of amides is 2. The fourth-order valence-corrected chi connectivity index (χ4v) is 4.48. The lowest BCUT2D eigenvalue weighted by atomic mass is 9.95. The maximum Gasteiger partial charge on any atom is 0.273 e. The van der Waals surface area contributed by atoms with E-state index in [1.54, 1.807) is 24.3 Å². The van der Waals surface area contributed by atoms with E-state index in [0.29, 0.717) is 10.7 Å². The number of aliphatic imine (C=N–C) groups is 1. The van der Waals surface area contributed by atoms with E-state index in [4.69, 9.17) is 11.6 Å². The molecule has 1 fully saturated rings. The third-order valence-corrected chi connectivity index (χ3v) is 6.01. The van der Waals surface area contributed by atoms with Crippen molar-refractivity contribution in [1.29, 1.82) is 0 Å². The summed E-state index contributed by atoms with van der Waals surface area (Å²) in [5.41, 5.74) is 3.50. The lowest BCUT2D eigenvalue weighted by Crippen LogP contribution is -2.22. The van der Waals surface area contributed by atoms with Gasteiger partial charge in [0.05, 0.1) is 17.7 Å². The average Bonchev–Trinajstić information content (AvgIpc) is 3.44. The minimum Gasteiger partial charge on any atom is -0.347 e. The summed E-state index contributed by atoms with van der Waals surface area (Å²) in [7, 11) is 0. The summed E-state index contributed by atoms with van der Waals surface area (Å²) in [4.78, 5) is 34.2. The zero-order valence-electron chi connectivity index (χ0n) is 18.0. The quantitative estimate of drug-likeness (QED) is 0.434. The van der Waals surface area contributed by atoms with Crippen LogP contribution in [0.4, 0.5) is 5.69 Å². The smallest absolute Gasteiger partial charge is 0.273 e. The molecule has 4 aromatic rings. The average molecular weight is 460 g/mol. The molecule has 166 valence electrons. The molecule has 0 spiro atoms. The van der Waals surface area contributed by atoms with E-state index in [9.17, 15) is 9.59 Å². The van der Waals surface area contributed by atoms with Gasteiger partial charge in [0.2, 0.25) is 5.91 Å². The monoisotopic (exact) mass is 459 g/mol. The van der Waals surface area contributed by atoms with Gasteiger partial charge in [0.25, 0.3) is 5.91 Å². The van der Waals surface area contributed by atoms with Gasteiger partial charge in [-0.2, -0.15) is 0 Å². The first kappa shape index (κ1) is 21.2. The lowest BCUT2D eigenvalue weighted by Gasteiger charge is -2.07.